The highest BCUT2D eigenvalue weighted by Gasteiger charge is 2.45. The van der Waals surface area contributed by atoms with Crippen LogP contribution in [0.1, 0.15) is 23.7 Å². The standard InChI is InChI=1S/C18H17F4NO3/c19-12-7-9(1-4-14(12)24)15-17-16(25-5-6-26-17)11-8-10(18(20,21)22)2-3-13(11)23-15/h1-4,8-9,15-17,23-24H,5-7H2/t9?,15-,16+,17-/m0/s1. The number of alkyl halides is 3. The number of allylic oxidation sites excluding steroid dienone is 2. The number of rotatable bonds is 1. The third kappa shape index (κ3) is 2.97. The molecule has 3 aliphatic rings. The van der Waals surface area contributed by atoms with E-state index in [4.69, 9.17) is 9.47 Å². The highest BCUT2D eigenvalue weighted by molar-refractivity contribution is 5.58. The van der Waals surface area contributed by atoms with Crippen LogP contribution in [0.4, 0.5) is 23.2 Å². The van der Waals surface area contributed by atoms with E-state index in [0.29, 0.717) is 17.9 Å². The summed E-state index contributed by atoms with van der Waals surface area (Å²) in [5.74, 6) is -1.34. The van der Waals surface area contributed by atoms with Gasteiger partial charge in [0.2, 0.25) is 0 Å². The molecule has 26 heavy (non-hydrogen) atoms. The van der Waals surface area contributed by atoms with Gasteiger partial charge in [-0.3, -0.25) is 0 Å². The summed E-state index contributed by atoms with van der Waals surface area (Å²) in [6, 6.07) is 3.07. The quantitative estimate of drug-likeness (QED) is 0.724. The summed E-state index contributed by atoms with van der Waals surface area (Å²) in [5, 5.41) is 12.6. The van der Waals surface area contributed by atoms with Gasteiger partial charge in [-0.2, -0.15) is 13.2 Å². The predicted octanol–water partition coefficient (Wildman–Crippen LogP) is 4.27. The Labute approximate surface area is 147 Å². The first kappa shape index (κ1) is 17.4. The SMILES string of the molecule is OC1=C(F)CC([C@@H]2Nc3ccc(C(F)(F)F)cc3[C@H]3OCCO[C@H]32)C=C1. The third-order valence-electron chi connectivity index (χ3n) is 5.01. The lowest BCUT2D eigenvalue weighted by molar-refractivity contribution is -0.155. The molecule has 1 unspecified atom stereocenters. The van der Waals surface area contributed by atoms with Crippen LogP contribution in [0.3, 0.4) is 0 Å². The van der Waals surface area contributed by atoms with E-state index in [1.54, 1.807) is 6.08 Å². The molecule has 0 radical (unpaired) electrons. The fraction of sp³-hybridized carbons (Fsp3) is 0.444. The molecule has 4 atom stereocenters. The zero-order valence-corrected chi connectivity index (χ0v) is 13.6. The minimum absolute atomic E-state index is 0.0114. The number of nitrogens with one attached hydrogen (secondary N) is 1. The van der Waals surface area contributed by atoms with Crippen LogP contribution in [-0.2, 0) is 15.7 Å². The summed E-state index contributed by atoms with van der Waals surface area (Å²) in [5.41, 5.74) is 0.155. The third-order valence-corrected chi connectivity index (χ3v) is 5.01. The van der Waals surface area contributed by atoms with Crippen LogP contribution in [0.15, 0.2) is 41.9 Å². The fourth-order valence-corrected chi connectivity index (χ4v) is 3.75. The molecule has 8 heteroatoms. The van der Waals surface area contributed by atoms with Crippen molar-refractivity contribution in [2.75, 3.05) is 18.5 Å². The molecule has 2 N–H and O–H groups in total. The van der Waals surface area contributed by atoms with E-state index in [1.807, 2.05) is 0 Å². The van der Waals surface area contributed by atoms with Crippen molar-refractivity contribution in [1.82, 2.24) is 0 Å². The maximum Gasteiger partial charge on any atom is 0.416 e. The molecular weight excluding hydrogens is 354 g/mol. The summed E-state index contributed by atoms with van der Waals surface area (Å²) in [4.78, 5) is 0. The Morgan fingerprint density at radius 1 is 1.15 bits per heavy atom. The fourth-order valence-electron chi connectivity index (χ4n) is 3.75. The molecule has 140 valence electrons. The van der Waals surface area contributed by atoms with Gasteiger partial charge < -0.3 is 19.9 Å². The van der Waals surface area contributed by atoms with Crippen molar-refractivity contribution < 1.29 is 32.1 Å². The Bertz CT molecular complexity index is 774. The normalized spacial score (nSPS) is 31.2. The van der Waals surface area contributed by atoms with E-state index in [1.165, 1.54) is 12.1 Å². The van der Waals surface area contributed by atoms with Gasteiger partial charge in [0.05, 0.1) is 24.8 Å². The molecule has 0 aromatic heterocycles. The zero-order valence-electron chi connectivity index (χ0n) is 13.6. The van der Waals surface area contributed by atoms with Crippen LogP contribution in [0.5, 0.6) is 0 Å². The Kier molecular flexibility index (Phi) is 4.19. The molecule has 1 saturated heterocycles. The van der Waals surface area contributed by atoms with E-state index in [2.05, 4.69) is 5.32 Å². The van der Waals surface area contributed by atoms with Gasteiger partial charge in [-0.05, 0) is 24.3 Å². The summed E-state index contributed by atoms with van der Waals surface area (Å²) < 4.78 is 64.5. The summed E-state index contributed by atoms with van der Waals surface area (Å²) in [6.45, 7) is 0.590. The Morgan fingerprint density at radius 3 is 2.65 bits per heavy atom. The maximum absolute atomic E-state index is 13.8. The van der Waals surface area contributed by atoms with Gasteiger partial charge in [0.1, 0.15) is 23.8 Å². The smallest absolute Gasteiger partial charge is 0.416 e. The monoisotopic (exact) mass is 371 g/mol. The number of halogens is 4. The molecule has 0 spiro atoms. The van der Waals surface area contributed by atoms with E-state index >= 15 is 0 Å². The second kappa shape index (κ2) is 6.28. The topological polar surface area (TPSA) is 50.7 Å². The van der Waals surface area contributed by atoms with Crippen molar-refractivity contribution in [2.24, 2.45) is 5.92 Å². The van der Waals surface area contributed by atoms with Gasteiger partial charge in [-0.1, -0.05) is 6.08 Å². The highest BCUT2D eigenvalue weighted by Crippen LogP contribution is 2.44. The van der Waals surface area contributed by atoms with Crippen molar-refractivity contribution in [1.29, 1.82) is 0 Å². The molecule has 1 aromatic rings. The number of benzene rings is 1. The summed E-state index contributed by atoms with van der Waals surface area (Å²) >= 11 is 0. The first-order valence-electron chi connectivity index (χ1n) is 8.31. The summed E-state index contributed by atoms with van der Waals surface area (Å²) in [6.07, 6.45) is -2.70. The lowest BCUT2D eigenvalue weighted by Gasteiger charge is -2.45. The van der Waals surface area contributed by atoms with Crippen molar-refractivity contribution in [3.8, 4) is 0 Å². The largest absolute Gasteiger partial charge is 0.505 e. The minimum atomic E-state index is -4.45. The molecule has 4 nitrogen and oxygen atoms in total. The average molecular weight is 371 g/mol. The summed E-state index contributed by atoms with van der Waals surface area (Å²) in [7, 11) is 0. The minimum Gasteiger partial charge on any atom is -0.505 e. The van der Waals surface area contributed by atoms with Crippen molar-refractivity contribution in [3.05, 3.63) is 53.1 Å². The lowest BCUT2D eigenvalue weighted by Crippen LogP contribution is -2.51. The molecule has 1 aromatic carbocycles. The van der Waals surface area contributed by atoms with Gasteiger partial charge in [-0.25, -0.2) is 4.39 Å². The van der Waals surface area contributed by atoms with Crippen LogP contribution in [0.2, 0.25) is 0 Å². The first-order valence-corrected chi connectivity index (χ1v) is 8.31. The molecule has 4 rings (SSSR count). The van der Waals surface area contributed by atoms with Crippen LogP contribution in [0, 0.1) is 5.92 Å². The van der Waals surface area contributed by atoms with Crippen LogP contribution >= 0.6 is 0 Å². The molecule has 0 bridgehead atoms. The molecule has 2 heterocycles. The van der Waals surface area contributed by atoms with E-state index in [-0.39, 0.29) is 25.0 Å². The zero-order chi connectivity index (χ0) is 18.5. The van der Waals surface area contributed by atoms with Gasteiger partial charge >= 0.3 is 6.18 Å². The van der Waals surface area contributed by atoms with Crippen LogP contribution in [-0.4, -0.2) is 30.5 Å². The maximum atomic E-state index is 13.8. The average Bonchev–Trinajstić information content (AvgIpc) is 2.62. The second-order valence-electron chi connectivity index (χ2n) is 6.61. The van der Waals surface area contributed by atoms with Gasteiger partial charge in [-0.15, -0.1) is 0 Å². The number of fused-ring (bicyclic) bond motifs is 3. The van der Waals surface area contributed by atoms with E-state index < -0.39 is 35.5 Å². The first-order chi connectivity index (χ1) is 12.3. The number of ether oxygens (including phenoxy) is 2. The Morgan fingerprint density at radius 2 is 1.92 bits per heavy atom. The number of hydrogen-bond acceptors (Lipinski definition) is 4. The number of aliphatic hydroxyl groups excluding tert-OH is 1. The van der Waals surface area contributed by atoms with E-state index in [0.717, 1.165) is 12.1 Å². The molecule has 1 fully saturated rings. The van der Waals surface area contributed by atoms with Gasteiger partial charge in [0.15, 0.2) is 0 Å². The molecule has 0 amide bonds. The number of aliphatic hydroxyl groups is 1. The Balaban J connectivity index is 1.69. The lowest BCUT2D eigenvalue weighted by atomic mass is 9.81. The molecule has 1 aliphatic carbocycles. The van der Waals surface area contributed by atoms with Crippen molar-refractivity contribution in [2.45, 2.75) is 30.8 Å². The van der Waals surface area contributed by atoms with Crippen LogP contribution in [0.25, 0.3) is 0 Å². The molecular formula is C18H17F4NO3. The van der Waals surface area contributed by atoms with Gasteiger partial charge in [0, 0.05) is 23.6 Å². The van der Waals surface area contributed by atoms with Gasteiger partial charge in [0.25, 0.3) is 0 Å². The van der Waals surface area contributed by atoms with E-state index in [9.17, 15) is 22.7 Å². The molecule has 2 aliphatic heterocycles. The predicted molar refractivity (Wildman–Crippen MR) is 85.3 cm³/mol. The van der Waals surface area contributed by atoms with Crippen molar-refractivity contribution >= 4 is 5.69 Å². The number of anilines is 1. The highest BCUT2D eigenvalue weighted by atomic mass is 19.4. The second-order valence-corrected chi connectivity index (χ2v) is 6.61. The number of hydrogen-bond donors (Lipinski definition) is 2. The van der Waals surface area contributed by atoms with Crippen LogP contribution < -0.4 is 5.32 Å². The Hall–Kier alpha value is -2.06. The van der Waals surface area contributed by atoms with Crippen molar-refractivity contribution in [3.63, 3.8) is 0 Å². The molecule has 0 saturated carbocycles.